The molecule has 1 aromatic carbocycles. The highest BCUT2D eigenvalue weighted by Crippen LogP contribution is 2.17. The number of benzene rings is 1. The Morgan fingerprint density at radius 3 is 2.65 bits per heavy atom. The summed E-state index contributed by atoms with van der Waals surface area (Å²) in [6.07, 6.45) is 2.92. The van der Waals surface area contributed by atoms with Crippen molar-refractivity contribution in [2.75, 3.05) is 13.2 Å². The van der Waals surface area contributed by atoms with Crippen LogP contribution in [-0.2, 0) is 11.3 Å². The first-order chi connectivity index (χ1) is 8.29. The monoisotopic (exact) mass is 233 g/mol. The van der Waals surface area contributed by atoms with Crippen molar-refractivity contribution in [2.24, 2.45) is 0 Å². The van der Waals surface area contributed by atoms with Gasteiger partial charge in [-0.15, -0.1) is 0 Å². The standard InChI is InChI=1S/C15H23NO/c1-3-13(2)16(10-9-15-12-17-15)11-14-7-5-4-6-8-14/h4-8,13,15H,3,9-12H2,1-2H3. The third-order valence-electron chi connectivity index (χ3n) is 3.58. The molecule has 1 saturated heterocycles. The minimum absolute atomic E-state index is 0.539. The zero-order valence-corrected chi connectivity index (χ0v) is 10.9. The normalized spacial score (nSPS) is 20.5. The van der Waals surface area contributed by atoms with Crippen LogP contribution >= 0.6 is 0 Å². The predicted molar refractivity (Wildman–Crippen MR) is 71.0 cm³/mol. The van der Waals surface area contributed by atoms with Gasteiger partial charge in [0.2, 0.25) is 0 Å². The first-order valence-corrected chi connectivity index (χ1v) is 6.69. The van der Waals surface area contributed by atoms with Crippen molar-refractivity contribution in [3.8, 4) is 0 Å². The van der Waals surface area contributed by atoms with Gasteiger partial charge in [-0.05, 0) is 25.3 Å². The van der Waals surface area contributed by atoms with Crippen LogP contribution < -0.4 is 0 Å². The lowest BCUT2D eigenvalue weighted by Crippen LogP contribution is -2.33. The second kappa shape index (κ2) is 6.18. The third kappa shape index (κ3) is 4.14. The Kier molecular flexibility index (Phi) is 4.57. The van der Waals surface area contributed by atoms with E-state index in [1.165, 1.54) is 18.4 Å². The third-order valence-corrected chi connectivity index (χ3v) is 3.58. The Morgan fingerprint density at radius 2 is 2.06 bits per heavy atom. The van der Waals surface area contributed by atoms with E-state index in [0.717, 1.165) is 19.7 Å². The van der Waals surface area contributed by atoms with Gasteiger partial charge in [-0.2, -0.15) is 0 Å². The molecule has 0 spiro atoms. The SMILES string of the molecule is CCC(C)N(CCC1CO1)Cc1ccccc1. The summed E-state index contributed by atoms with van der Waals surface area (Å²) < 4.78 is 5.30. The van der Waals surface area contributed by atoms with E-state index in [1.54, 1.807) is 0 Å². The fourth-order valence-electron chi connectivity index (χ4n) is 2.08. The average Bonchev–Trinajstić information content (AvgIpc) is 3.19. The fraction of sp³-hybridized carbons (Fsp3) is 0.600. The Labute approximate surface area is 105 Å². The number of rotatable bonds is 7. The summed E-state index contributed by atoms with van der Waals surface area (Å²) in [6, 6.07) is 11.4. The minimum atomic E-state index is 0.539. The number of nitrogens with zero attached hydrogens (tertiary/aromatic N) is 1. The minimum Gasteiger partial charge on any atom is -0.373 e. The van der Waals surface area contributed by atoms with Crippen molar-refractivity contribution in [3.63, 3.8) is 0 Å². The molecule has 0 N–H and O–H groups in total. The van der Waals surface area contributed by atoms with E-state index >= 15 is 0 Å². The summed E-state index contributed by atoms with van der Waals surface area (Å²) in [4.78, 5) is 2.57. The molecule has 2 atom stereocenters. The summed E-state index contributed by atoms with van der Waals surface area (Å²) in [7, 11) is 0. The maximum absolute atomic E-state index is 5.30. The highest BCUT2D eigenvalue weighted by atomic mass is 16.6. The maximum Gasteiger partial charge on any atom is 0.0822 e. The predicted octanol–water partition coefficient (Wildman–Crippen LogP) is 3.08. The van der Waals surface area contributed by atoms with Crippen LogP contribution in [0.5, 0.6) is 0 Å². The van der Waals surface area contributed by atoms with E-state index in [1.807, 2.05) is 0 Å². The molecule has 94 valence electrons. The van der Waals surface area contributed by atoms with Gasteiger partial charge in [-0.25, -0.2) is 0 Å². The van der Waals surface area contributed by atoms with Crippen LogP contribution in [0.15, 0.2) is 30.3 Å². The Balaban J connectivity index is 1.89. The van der Waals surface area contributed by atoms with Crippen LogP contribution in [0.25, 0.3) is 0 Å². The van der Waals surface area contributed by atoms with E-state index in [4.69, 9.17) is 4.74 Å². The zero-order chi connectivity index (χ0) is 12.1. The number of epoxide rings is 1. The van der Waals surface area contributed by atoms with Crippen molar-refractivity contribution in [1.82, 2.24) is 4.90 Å². The molecule has 0 bridgehead atoms. The van der Waals surface area contributed by atoms with Crippen LogP contribution in [0.1, 0.15) is 32.3 Å². The summed E-state index contributed by atoms with van der Waals surface area (Å²) >= 11 is 0. The lowest BCUT2D eigenvalue weighted by Gasteiger charge is -2.28. The van der Waals surface area contributed by atoms with Crippen LogP contribution in [-0.4, -0.2) is 30.2 Å². The van der Waals surface area contributed by atoms with E-state index < -0.39 is 0 Å². The summed E-state index contributed by atoms with van der Waals surface area (Å²) in [6.45, 7) is 7.75. The molecule has 1 heterocycles. The first-order valence-electron chi connectivity index (χ1n) is 6.69. The van der Waals surface area contributed by atoms with Gasteiger partial charge in [0.1, 0.15) is 0 Å². The van der Waals surface area contributed by atoms with Crippen LogP contribution in [0.2, 0.25) is 0 Å². The van der Waals surface area contributed by atoms with E-state index in [0.29, 0.717) is 12.1 Å². The highest BCUT2D eigenvalue weighted by Gasteiger charge is 2.24. The van der Waals surface area contributed by atoms with Crippen molar-refractivity contribution >= 4 is 0 Å². The summed E-state index contributed by atoms with van der Waals surface area (Å²) in [5.41, 5.74) is 1.41. The number of hydrogen-bond acceptors (Lipinski definition) is 2. The lowest BCUT2D eigenvalue weighted by molar-refractivity contribution is 0.185. The number of hydrogen-bond donors (Lipinski definition) is 0. The van der Waals surface area contributed by atoms with Crippen molar-refractivity contribution in [1.29, 1.82) is 0 Å². The molecule has 2 heteroatoms. The lowest BCUT2D eigenvalue weighted by atomic mass is 10.1. The van der Waals surface area contributed by atoms with Crippen molar-refractivity contribution in [3.05, 3.63) is 35.9 Å². The zero-order valence-electron chi connectivity index (χ0n) is 10.9. The molecule has 1 fully saturated rings. The molecule has 17 heavy (non-hydrogen) atoms. The second-order valence-corrected chi connectivity index (χ2v) is 4.96. The fourth-order valence-corrected chi connectivity index (χ4v) is 2.08. The number of ether oxygens (including phenoxy) is 1. The van der Waals surface area contributed by atoms with Gasteiger partial charge in [-0.1, -0.05) is 37.3 Å². The van der Waals surface area contributed by atoms with Gasteiger partial charge < -0.3 is 4.74 Å². The molecule has 1 aromatic rings. The highest BCUT2D eigenvalue weighted by molar-refractivity contribution is 5.14. The molecule has 0 aliphatic carbocycles. The van der Waals surface area contributed by atoms with Gasteiger partial charge in [0.25, 0.3) is 0 Å². The molecular weight excluding hydrogens is 210 g/mol. The maximum atomic E-state index is 5.30. The van der Waals surface area contributed by atoms with E-state index in [9.17, 15) is 0 Å². The Hall–Kier alpha value is -0.860. The van der Waals surface area contributed by atoms with Crippen LogP contribution in [0.4, 0.5) is 0 Å². The van der Waals surface area contributed by atoms with E-state index in [2.05, 4.69) is 49.1 Å². The molecular formula is C15H23NO. The van der Waals surface area contributed by atoms with Crippen molar-refractivity contribution < 1.29 is 4.74 Å². The molecule has 2 unspecified atom stereocenters. The molecule has 1 aliphatic rings. The van der Waals surface area contributed by atoms with Gasteiger partial charge >= 0.3 is 0 Å². The molecule has 0 amide bonds. The topological polar surface area (TPSA) is 15.8 Å². The largest absolute Gasteiger partial charge is 0.373 e. The van der Waals surface area contributed by atoms with Gasteiger partial charge in [0, 0.05) is 19.1 Å². The second-order valence-electron chi connectivity index (χ2n) is 4.96. The smallest absolute Gasteiger partial charge is 0.0822 e. The molecule has 0 aromatic heterocycles. The molecule has 2 rings (SSSR count). The van der Waals surface area contributed by atoms with Crippen molar-refractivity contribution in [2.45, 2.75) is 45.4 Å². The first kappa shape index (κ1) is 12.6. The van der Waals surface area contributed by atoms with Crippen LogP contribution in [0, 0.1) is 0 Å². The molecule has 2 nitrogen and oxygen atoms in total. The van der Waals surface area contributed by atoms with Gasteiger partial charge in [0.05, 0.1) is 12.7 Å². The Bertz CT molecular complexity index is 321. The van der Waals surface area contributed by atoms with Crippen LogP contribution in [0.3, 0.4) is 0 Å². The quantitative estimate of drug-likeness (QED) is 0.673. The van der Waals surface area contributed by atoms with Gasteiger partial charge in [0.15, 0.2) is 0 Å². The summed E-state index contributed by atoms with van der Waals surface area (Å²) in [5, 5.41) is 0. The molecule has 0 saturated carbocycles. The molecule has 0 radical (unpaired) electrons. The summed E-state index contributed by atoms with van der Waals surface area (Å²) in [5.74, 6) is 0. The Morgan fingerprint density at radius 1 is 1.35 bits per heavy atom. The molecule has 1 aliphatic heterocycles. The van der Waals surface area contributed by atoms with Gasteiger partial charge in [-0.3, -0.25) is 4.90 Å². The average molecular weight is 233 g/mol. The van der Waals surface area contributed by atoms with E-state index in [-0.39, 0.29) is 0 Å².